The predicted octanol–water partition coefficient (Wildman–Crippen LogP) is -10.5. The van der Waals surface area contributed by atoms with Crippen LogP contribution in [0, 0.1) is 0 Å². The molecule has 0 unspecified atom stereocenters. The molecule has 7 nitrogen and oxygen atoms in total. The molecule has 88 valence electrons. The number of rotatable bonds is 8. The number of hydrogen-bond donors (Lipinski definition) is 2. The molecule has 0 spiro atoms. The number of nitrogens with zero attached hydrogens (tertiary/aromatic N) is 1. The molecule has 0 aromatic carbocycles. The Kier molecular flexibility index (Phi) is 17.9. The van der Waals surface area contributed by atoms with Crippen molar-refractivity contribution in [3.05, 3.63) is 0 Å². The fraction of sp³-hybridized carbons (Fsp3) is 0.750. The first-order valence-corrected chi connectivity index (χ1v) is 4.39. The van der Waals surface area contributed by atoms with Crippen LogP contribution in [0.2, 0.25) is 0 Å². The van der Waals surface area contributed by atoms with Gasteiger partial charge in [-0.05, 0) is 0 Å². The van der Waals surface area contributed by atoms with Gasteiger partial charge in [-0.3, -0.25) is 4.90 Å². The van der Waals surface area contributed by atoms with E-state index in [0.29, 0.717) is 0 Å². The maximum atomic E-state index is 10.6. The summed E-state index contributed by atoms with van der Waals surface area (Å²) in [6.45, 7) is -0.771. The van der Waals surface area contributed by atoms with Crippen LogP contribution in [0.1, 0.15) is 6.42 Å². The first-order chi connectivity index (χ1) is 7.02. The number of hydrogen-bond acceptors (Lipinski definition) is 7. The van der Waals surface area contributed by atoms with Crippen LogP contribution in [0.3, 0.4) is 0 Å². The summed E-state index contributed by atoms with van der Waals surface area (Å²) in [4.78, 5) is 22.0. The van der Waals surface area contributed by atoms with Crippen LogP contribution >= 0.6 is 0 Å². The summed E-state index contributed by atoms with van der Waals surface area (Å²) in [7, 11) is 0. The van der Waals surface area contributed by atoms with Gasteiger partial charge in [0.15, 0.2) is 0 Å². The van der Waals surface area contributed by atoms with Crippen LogP contribution in [0.15, 0.2) is 0 Å². The van der Waals surface area contributed by atoms with Crippen LogP contribution in [0.5, 0.6) is 0 Å². The van der Waals surface area contributed by atoms with Crippen LogP contribution < -0.4 is 69.3 Å². The van der Waals surface area contributed by atoms with Crippen molar-refractivity contribution in [2.24, 2.45) is 0 Å². The van der Waals surface area contributed by atoms with Crippen LogP contribution in [0.4, 0.5) is 0 Å². The minimum atomic E-state index is -1.57. The van der Waals surface area contributed by atoms with Crippen molar-refractivity contribution in [1.29, 1.82) is 0 Å². The van der Waals surface area contributed by atoms with Crippen molar-refractivity contribution < 1.29 is 89.1 Å². The van der Waals surface area contributed by atoms with Crippen LogP contribution in [-0.2, 0) is 9.59 Å². The summed E-state index contributed by atoms with van der Waals surface area (Å²) in [5.74, 6) is -3.09. The number of aliphatic hydroxyl groups is 2. The Balaban J connectivity index is -0.000000980. The average Bonchev–Trinajstić information content (AvgIpc) is 2.13. The molecule has 0 fully saturated rings. The van der Waals surface area contributed by atoms with Gasteiger partial charge in [-0.15, -0.1) is 0 Å². The van der Waals surface area contributed by atoms with Crippen molar-refractivity contribution in [2.45, 2.75) is 12.5 Å². The molecule has 0 saturated carbocycles. The molecule has 0 saturated heterocycles. The fourth-order valence-electron chi connectivity index (χ4n) is 1.20. The third kappa shape index (κ3) is 10.4. The van der Waals surface area contributed by atoms with Gasteiger partial charge in [0.25, 0.3) is 0 Å². The Morgan fingerprint density at radius 2 is 1.47 bits per heavy atom. The molecule has 0 bridgehead atoms. The second-order valence-electron chi connectivity index (χ2n) is 2.89. The van der Waals surface area contributed by atoms with Gasteiger partial charge in [0.05, 0.1) is 25.2 Å². The van der Waals surface area contributed by atoms with Crippen molar-refractivity contribution in [1.82, 2.24) is 4.90 Å². The second kappa shape index (κ2) is 13.3. The quantitative estimate of drug-likeness (QED) is 0.417. The number of carboxylic acids is 2. The second-order valence-corrected chi connectivity index (χ2v) is 2.89. The molecular weight excluding hydrogens is 252 g/mol. The Morgan fingerprint density at radius 1 is 1.06 bits per heavy atom. The minimum absolute atomic E-state index is 0. The van der Waals surface area contributed by atoms with Gasteiger partial charge < -0.3 is 30.0 Å². The van der Waals surface area contributed by atoms with Gasteiger partial charge in [-0.1, -0.05) is 0 Å². The molecule has 2 N–H and O–H groups in total. The minimum Gasteiger partial charge on any atom is -0.550 e. The smallest absolute Gasteiger partial charge is 0.550 e. The molecule has 0 aliphatic rings. The normalized spacial score (nSPS) is 11.2. The maximum absolute atomic E-state index is 10.6. The summed E-state index contributed by atoms with van der Waals surface area (Å²) in [5, 5.41) is 38.1. The zero-order valence-electron chi connectivity index (χ0n) is 10.1. The van der Waals surface area contributed by atoms with Crippen LogP contribution in [-0.4, -0.2) is 59.4 Å². The topological polar surface area (TPSA) is 124 Å². The molecule has 0 aromatic heterocycles. The largest absolute Gasteiger partial charge is 1.00 e. The standard InChI is InChI=1S/C8H15NO6.2Na/c10-3-1-9(2-4-11)6(8(14)15)5-7(12)13;;/h6,10-11H,1-5H2,(H,12,13)(H,14,15);;/q;2*+1/p-2/t6-;;/m0../s1. The Hall–Kier alpha value is 0.820. The summed E-state index contributed by atoms with van der Waals surface area (Å²) in [6, 6.07) is -1.39. The number of aliphatic hydroxyl groups excluding tert-OH is 2. The molecule has 0 heterocycles. The van der Waals surface area contributed by atoms with E-state index in [1.54, 1.807) is 0 Å². The van der Waals surface area contributed by atoms with E-state index < -0.39 is 24.4 Å². The van der Waals surface area contributed by atoms with Gasteiger partial charge in [-0.2, -0.15) is 0 Å². The zero-order valence-corrected chi connectivity index (χ0v) is 14.1. The van der Waals surface area contributed by atoms with Crippen molar-refractivity contribution in [3.63, 3.8) is 0 Å². The molecule has 1 atom stereocenters. The van der Waals surface area contributed by atoms with E-state index in [9.17, 15) is 19.8 Å². The van der Waals surface area contributed by atoms with E-state index in [4.69, 9.17) is 10.2 Å². The monoisotopic (exact) mass is 265 g/mol. The molecule has 0 amide bonds. The van der Waals surface area contributed by atoms with Crippen molar-refractivity contribution >= 4 is 11.9 Å². The number of carbonyl (C=O) groups excluding carboxylic acids is 2. The third-order valence-corrected chi connectivity index (χ3v) is 1.85. The first kappa shape index (κ1) is 23.0. The number of aliphatic carboxylic acids is 2. The van der Waals surface area contributed by atoms with E-state index in [1.165, 1.54) is 0 Å². The van der Waals surface area contributed by atoms with Gasteiger partial charge >= 0.3 is 59.1 Å². The first-order valence-electron chi connectivity index (χ1n) is 4.39. The van der Waals surface area contributed by atoms with Crippen molar-refractivity contribution in [2.75, 3.05) is 26.3 Å². The Bertz CT molecular complexity index is 222. The van der Waals surface area contributed by atoms with E-state index in [-0.39, 0.29) is 85.4 Å². The Labute approximate surface area is 143 Å². The van der Waals surface area contributed by atoms with E-state index >= 15 is 0 Å². The number of carbonyl (C=O) groups is 2. The van der Waals surface area contributed by atoms with E-state index in [2.05, 4.69) is 0 Å². The molecule has 0 aromatic rings. The molecular formula is C8H13NNa2O6. The Morgan fingerprint density at radius 3 is 1.71 bits per heavy atom. The van der Waals surface area contributed by atoms with Gasteiger partial charge in [0, 0.05) is 25.5 Å². The third-order valence-electron chi connectivity index (χ3n) is 1.85. The van der Waals surface area contributed by atoms with Crippen molar-refractivity contribution in [3.8, 4) is 0 Å². The molecule has 0 radical (unpaired) electrons. The summed E-state index contributed by atoms with van der Waals surface area (Å²) >= 11 is 0. The van der Waals surface area contributed by atoms with E-state index in [1.807, 2.05) is 0 Å². The van der Waals surface area contributed by atoms with Gasteiger partial charge in [0.1, 0.15) is 0 Å². The average molecular weight is 265 g/mol. The van der Waals surface area contributed by atoms with Gasteiger partial charge in [-0.25, -0.2) is 0 Å². The summed E-state index contributed by atoms with van der Waals surface area (Å²) in [5.41, 5.74) is 0. The molecule has 0 rings (SSSR count). The van der Waals surface area contributed by atoms with E-state index in [0.717, 1.165) is 4.90 Å². The zero-order chi connectivity index (χ0) is 11.8. The summed E-state index contributed by atoms with van der Waals surface area (Å²) in [6.07, 6.45) is -0.734. The number of carboxylic acid groups (broad SMARTS) is 2. The fourth-order valence-corrected chi connectivity index (χ4v) is 1.20. The predicted molar refractivity (Wildman–Crippen MR) is 44.2 cm³/mol. The molecule has 0 aliphatic heterocycles. The maximum Gasteiger partial charge on any atom is 1.00 e. The SMILES string of the molecule is O=C([O-])C[C@@H](C(=O)[O-])N(CCO)CCO.[Na+].[Na+]. The van der Waals surface area contributed by atoms with Crippen LogP contribution in [0.25, 0.3) is 0 Å². The summed E-state index contributed by atoms with van der Waals surface area (Å²) < 4.78 is 0. The molecule has 0 aliphatic carbocycles. The molecule has 17 heavy (non-hydrogen) atoms. The van der Waals surface area contributed by atoms with Gasteiger partial charge in [0.2, 0.25) is 0 Å². The molecule has 9 heteroatoms.